The lowest BCUT2D eigenvalue weighted by Crippen LogP contribution is -2.16. The van der Waals surface area contributed by atoms with Crippen molar-refractivity contribution < 1.29 is 17.9 Å². The molecule has 2 nitrogen and oxygen atoms in total. The number of rotatable bonds is 4. The number of ether oxygens (including phenoxy) is 1. The van der Waals surface area contributed by atoms with Crippen LogP contribution < -0.4 is 10.5 Å². The van der Waals surface area contributed by atoms with Crippen LogP contribution in [0.2, 0.25) is 5.02 Å². The fraction of sp³-hybridized carbons (Fsp3) is 0.455. The maximum Gasteiger partial charge on any atom is 0.389 e. The highest BCUT2D eigenvalue weighted by molar-refractivity contribution is 6.30. The standard InChI is InChI=1S/C11H13ClF3NO/c1-17-10-6-7(12)2-3-8(10)9(16)4-5-11(13,14)15/h2-3,6,9H,4-5,16H2,1H3. The van der Waals surface area contributed by atoms with Gasteiger partial charge in [-0.1, -0.05) is 17.7 Å². The highest BCUT2D eigenvalue weighted by atomic mass is 35.5. The van der Waals surface area contributed by atoms with E-state index in [0.717, 1.165) is 0 Å². The van der Waals surface area contributed by atoms with Crippen LogP contribution in [-0.2, 0) is 0 Å². The predicted molar refractivity (Wildman–Crippen MR) is 60.2 cm³/mol. The van der Waals surface area contributed by atoms with Gasteiger partial charge in [0.05, 0.1) is 7.11 Å². The fourth-order valence-electron chi connectivity index (χ4n) is 1.47. The molecule has 0 spiro atoms. The summed E-state index contributed by atoms with van der Waals surface area (Å²) in [6, 6.07) is 3.98. The van der Waals surface area contributed by atoms with Crippen molar-refractivity contribution in [2.75, 3.05) is 7.11 Å². The third-order valence-corrected chi connectivity index (χ3v) is 2.57. The van der Waals surface area contributed by atoms with Gasteiger partial charge in [-0.15, -0.1) is 0 Å². The van der Waals surface area contributed by atoms with Gasteiger partial charge in [0.2, 0.25) is 0 Å². The topological polar surface area (TPSA) is 35.2 Å². The van der Waals surface area contributed by atoms with Crippen LogP contribution in [-0.4, -0.2) is 13.3 Å². The lowest BCUT2D eigenvalue weighted by molar-refractivity contribution is -0.136. The summed E-state index contributed by atoms with van der Waals surface area (Å²) in [6.45, 7) is 0. The SMILES string of the molecule is COc1cc(Cl)ccc1C(N)CCC(F)(F)F. The Labute approximate surface area is 103 Å². The Hall–Kier alpha value is -0.940. The molecule has 0 saturated carbocycles. The summed E-state index contributed by atoms with van der Waals surface area (Å²) in [5.74, 6) is 0.409. The molecular formula is C11H13ClF3NO. The molecule has 0 amide bonds. The Kier molecular flexibility index (Phi) is 4.65. The van der Waals surface area contributed by atoms with E-state index >= 15 is 0 Å². The lowest BCUT2D eigenvalue weighted by atomic mass is 10.0. The Balaban J connectivity index is 2.78. The first-order valence-electron chi connectivity index (χ1n) is 4.99. The molecule has 96 valence electrons. The van der Waals surface area contributed by atoms with Gasteiger partial charge in [-0.25, -0.2) is 0 Å². The van der Waals surface area contributed by atoms with E-state index in [-0.39, 0.29) is 6.42 Å². The summed E-state index contributed by atoms with van der Waals surface area (Å²) < 4.78 is 41.2. The van der Waals surface area contributed by atoms with Crippen LogP contribution in [0.15, 0.2) is 18.2 Å². The van der Waals surface area contributed by atoms with Crippen molar-refractivity contribution in [2.24, 2.45) is 5.73 Å². The maximum absolute atomic E-state index is 12.1. The van der Waals surface area contributed by atoms with Gasteiger partial charge >= 0.3 is 6.18 Å². The van der Waals surface area contributed by atoms with Gasteiger partial charge in [0.25, 0.3) is 0 Å². The Bertz CT molecular complexity index is 381. The first kappa shape index (κ1) is 14.1. The minimum absolute atomic E-state index is 0.179. The zero-order valence-corrected chi connectivity index (χ0v) is 9.98. The van der Waals surface area contributed by atoms with E-state index in [2.05, 4.69) is 0 Å². The van der Waals surface area contributed by atoms with Crippen LogP contribution in [0.1, 0.15) is 24.4 Å². The summed E-state index contributed by atoms with van der Waals surface area (Å²) in [5, 5.41) is 0.452. The van der Waals surface area contributed by atoms with E-state index in [9.17, 15) is 13.2 Å². The van der Waals surface area contributed by atoms with E-state index < -0.39 is 18.6 Å². The van der Waals surface area contributed by atoms with Crippen molar-refractivity contribution in [1.82, 2.24) is 0 Å². The third kappa shape index (κ3) is 4.44. The van der Waals surface area contributed by atoms with Crippen LogP contribution in [0.25, 0.3) is 0 Å². The molecule has 0 aliphatic heterocycles. The smallest absolute Gasteiger partial charge is 0.389 e. The molecule has 0 aliphatic carbocycles. The van der Waals surface area contributed by atoms with Crippen LogP contribution in [0, 0.1) is 0 Å². The van der Waals surface area contributed by atoms with Crippen molar-refractivity contribution in [3.8, 4) is 5.75 Å². The molecule has 1 rings (SSSR count). The summed E-state index contributed by atoms with van der Waals surface area (Å²) in [4.78, 5) is 0. The fourth-order valence-corrected chi connectivity index (χ4v) is 1.63. The Morgan fingerprint density at radius 3 is 2.59 bits per heavy atom. The minimum atomic E-state index is -4.20. The second-order valence-electron chi connectivity index (χ2n) is 3.65. The average molecular weight is 268 g/mol. The number of alkyl halides is 3. The van der Waals surface area contributed by atoms with Gasteiger partial charge < -0.3 is 10.5 Å². The van der Waals surface area contributed by atoms with Gasteiger partial charge in [-0.05, 0) is 18.6 Å². The molecule has 0 saturated heterocycles. The molecule has 1 aromatic rings. The first-order chi connectivity index (χ1) is 7.83. The van der Waals surface area contributed by atoms with Gasteiger partial charge in [0, 0.05) is 23.0 Å². The number of nitrogens with two attached hydrogens (primary N) is 1. The predicted octanol–water partition coefficient (Wildman–Crippen LogP) is 3.69. The first-order valence-corrected chi connectivity index (χ1v) is 5.37. The Morgan fingerprint density at radius 1 is 1.41 bits per heavy atom. The highest BCUT2D eigenvalue weighted by Gasteiger charge is 2.28. The zero-order valence-electron chi connectivity index (χ0n) is 9.22. The quantitative estimate of drug-likeness (QED) is 0.903. The van der Waals surface area contributed by atoms with Gasteiger partial charge in [-0.2, -0.15) is 13.2 Å². The molecule has 0 aromatic heterocycles. The van der Waals surface area contributed by atoms with E-state index in [4.69, 9.17) is 22.1 Å². The monoisotopic (exact) mass is 267 g/mol. The second kappa shape index (κ2) is 5.60. The number of hydrogen-bond acceptors (Lipinski definition) is 2. The summed E-state index contributed by atoms with van der Waals surface area (Å²) >= 11 is 5.75. The molecule has 0 bridgehead atoms. The number of methoxy groups -OCH3 is 1. The molecule has 6 heteroatoms. The van der Waals surface area contributed by atoms with E-state index in [0.29, 0.717) is 16.3 Å². The van der Waals surface area contributed by atoms with Crippen LogP contribution >= 0.6 is 11.6 Å². The molecule has 0 radical (unpaired) electrons. The van der Waals surface area contributed by atoms with E-state index in [1.807, 2.05) is 0 Å². The average Bonchev–Trinajstić information content (AvgIpc) is 2.24. The number of hydrogen-bond donors (Lipinski definition) is 1. The van der Waals surface area contributed by atoms with Crippen LogP contribution in [0.3, 0.4) is 0 Å². The molecule has 1 unspecified atom stereocenters. The van der Waals surface area contributed by atoms with E-state index in [1.165, 1.54) is 13.2 Å². The minimum Gasteiger partial charge on any atom is -0.496 e. The zero-order chi connectivity index (χ0) is 13.1. The molecular weight excluding hydrogens is 255 g/mol. The largest absolute Gasteiger partial charge is 0.496 e. The molecule has 17 heavy (non-hydrogen) atoms. The van der Waals surface area contributed by atoms with Gasteiger partial charge in [0.1, 0.15) is 5.75 Å². The molecule has 1 atom stereocenters. The van der Waals surface area contributed by atoms with Crippen molar-refractivity contribution in [3.05, 3.63) is 28.8 Å². The van der Waals surface area contributed by atoms with Crippen molar-refractivity contribution >= 4 is 11.6 Å². The van der Waals surface area contributed by atoms with E-state index in [1.54, 1.807) is 12.1 Å². The van der Waals surface area contributed by atoms with Crippen molar-refractivity contribution in [3.63, 3.8) is 0 Å². The Morgan fingerprint density at radius 2 is 2.06 bits per heavy atom. The molecule has 0 aliphatic rings. The second-order valence-corrected chi connectivity index (χ2v) is 4.08. The summed E-state index contributed by atoms with van der Waals surface area (Å²) in [7, 11) is 1.42. The van der Waals surface area contributed by atoms with Gasteiger partial charge in [0.15, 0.2) is 0 Å². The number of benzene rings is 1. The van der Waals surface area contributed by atoms with Crippen LogP contribution in [0.4, 0.5) is 13.2 Å². The molecule has 0 fully saturated rings. The normalized spacial score (nSPS) is 13.5. The molecule has 2 N–H and O–H groups in total. The molecule has 0 heterocycles. The van der Waals surface area contributed by atoms with Crippen molar-refractivity contribution in [2.45, 2.75) is 25.1 Å². The van der Waals surface area contributed by atoms with Gasteiger partial charge in [-0.3, -0.25) is 0 Å². The highest BCUT2D eigenvalue weighted by Crippen LogP contribution is 2.32. The van der Waals surface area contributed by atoms with Crippen LogP contribution in [0.5, 0.6) is 5.75 Å². The lowest BCUT2D eigenvalue weighted by Gasteiger charge is -2.16. The maximum atomic E-state index is 12.1. The van der Waals surface area contributed by atoms with Crippen molar-refractivity contribution in [1.29, 1.82) is 0 Å². The molecule has 1 aromatic carbocycles. The number of halogens is 4. The third-order valence-electron chi connectivity index (χ3n) is 2.33. The summed E-state index contributed by atoms with van der Waals surface area (Å²) in [5.41, 5.74) is 6.23. The summed E-state index contributed by atoms with van der Waals surface area (Å²) in [6.07, 6.45) is -5.29.